The van der Waals surface area contributed by atoms with Gasteiger partial charge in [-0.05, 0) is 18.6 Å². The average Bonchev–Trinajstić information content (AvgIpc) is 2.10. The molecule has 2 rings (SSSR count). The van der Waals surface area contributed by atoms with Gasteiger partial charge in [0.05, 0.1) is 24.0 Å². The second-order valence-electron chi connectivity index (χ2n) is 3.39. The lowest BCUT2D eigenvalue weighted by atomic mass is 10.2. The maximum absolute atomic E-state index is 11.0. The van der Waals surface area contributed by atoms with E-state index < -0.39 is 5.97 Å². The third kappa shape index (κ3) is 2.13. The fraction of sp³-hybridized carbons (Fsp3) is 0.400. The second kappa shape index (κ2) is 4.20. The van der Waals surface area contributed by atoms with Gasteiger partial charge in [-0.1, -0.05) is 11.8 Å². The monoisotopic (exact) mass is 225 g/mol. The Morgan fingerprint density at radius 1 is 1.67 bits per heavy atom. The zero-order valence-corrected chi connectivity index (χ0v) is 9.08. The molecule has 2 heterocycles. The van der Waals surface area contributed by atoms with E-state index in [4.69, 9.17) is 9.84 Å². The van der Waals surface area contributed by atoms with Crippen LogP contribution in [0, 0.1) is 6.92 Å². The van der Waals surface area contributed by atoms with Gasteiger partial charge in [0.25, 0.3) is 0 Å². The van der Waals surface area contributed by atoms with Crippen LogP contribution in [0.15, 0.2) is 17.3 Å². The van der Waals surface area contributed by atoms with E-state index in [0.717, 1.165) is 5.56 Å². The predicted molar refractivity (Wildman–Crippen MR) is 56.4 cm³/mol. The molecule has 0 aliphatic carbocycles. The normalized spacial score (nSPS) is 16.1. The summed E-state index contributed by atoms with van der Waals surface area (Å²) in [7, 11) is 0. The predicted octanol–water partition coefficient (Wildman–Crippen LogP) is 1.58. The molecule has 5 heteroatoms. The summed E-state index contributed by atoms with van der Waals surface area (Å²) in [5, 5.41) is 10.0. The summed E-state index contributed by atoms with van der Waals surface area (Å²) < 4.78 is 5.04. The van der Waals surface area contributed by atoms with Gasteiger partial charge in [-0.15, -0.1) is 0 Å². The van der Waals surface area contributed by atoms with E-state index in [0.29, 0.717) is 29.1 Å². The van der Waals surface area contributed by atoms with Crippen LogP contribution >= 0.6 is 11.8 Å². The number of thioether (sulfide) groups is 1. The van der Waals surface area contributed by atoms with Gasteiger partial charge in [-0.3, -0.25) is 0 Å². The fourth-order valence-corrected chi connectivity index (χ4v) is 2.45. The molecule has 80 valence electrons. The highest BCUT2D eigenvalue weighted by Crippen LogP contribution is 2.30. The van der Waals surface area contributed by atoms with Crippen molar-refractivity contribution < 1.29 is 14.6 Å². The van der Waals surface area contributed by atoms with Gasteiger partial charge >= 0.3 is 5.97 Å². The summed E-state index contributed by atoms with van der Waals surface area (Å²) in [6.45, 7) is 3.14. The lowest BCUT2D eigenvalue weighted by molar-refractivity contribution is 0.0454. The molecule has 0 amide bonds. The van der Waals surface area contributed by atoms with Crippen molar-refractivity contribution in [1.29, 1.82) is 0 Å². The van der Waals surface area contributed by atoms with Crippen molar-refractivity contribution in [2.24, 2.45) is 0 Å². The van der Waals surface area contributed by atoms with E-state index >= 15 is 0 Å². The molecule has 4 nitrogen and oxygen atoms in total. The van der Waals surface area contributed by atoms with E-state index in [9.17, 15) is 4.79 Å². The van der Waals surface area contributed by atoms with Gasteiger partial charge in [-0.2, -0.15) is 0 Å². The van der Waals surface area contributed by atoms with Crippen LogP contribution in [0.4, 0.5) is 0 Å². The molecule has 15 heavy (non-hydrogen) atoms. The summed E-state index contributed by atoms with van der Waals surface area (Å²) in [5.74, 6) is -0.914. The van der Waals surface area contributed by atoms with Crippen LogP contribution in [0.5, 0.6) is 0 Å². The summed E-state index contributed by atoms with van der Waals surface area (Å²) in [4.78, 5) is 15.2. The number of nitrogens with zero attached hydrogens (tertiary/aromatic N) is 1. The smallest absolute Gasteiger partial charge is 0.338 e. The maximum Gasteiger partial charge on any atom is 0.338 e. The van der Waals surface area contributed by atoms with E-state index in [-0.39, 0.29) is 0 Å². The minimum Gasteiger partial charge on any atom is -0.478 e. The maximum atomic E-state index is 11.0. The Balaban J connectivity index is 2.27. The van der Waals surface area contributed by atoms with Crippen LogP contribution < -0.4 is 0 Å². The number of carboxylic acid groups (broad SMARTS) is 1. The molecule has 0 unspecified atom stereocenters. The van der Waals surface area contributed by atoms with Crippen molar-refractivity contribution in [3.8, 4) is 0 Å². The van der Waals surface area contributed by atoms with Crippen molar-refractivity contribution in [1.82, 2.24) is 4.98 Å². The van der Waals surface area contributed by atoms with Crippen LogP contribution in [-0.2, 0) is 4.74 Å². The lowest BCUT2D eigenvalue weighted by Gasteiger charge is -2.25. The largest absolute Gasteiger partial charge is 0.478 e. The zero-order valence-electron chi connectivity index (χ0n) is 8.27. The molecule has 1 fully saturated rings. The molecule has 1 aromatic rings. The Bertz CT molecular complexity index is 390. The SMILES string of the molecule is Cc1ccnc(SC2COC2)c1C(=O)O. The molecule has 1 N–H and O–H groups in total. The first kappa shape index (κ1) is 10.4. The van der Waals surface area contributed by atoms with Crippen molar-refractivity contribution in [3.63, 3.8) is 0 Å². The van der Waals surface area contributed by atoms with Crippen LogP contribution in [-0.4, -0.2) is 34.5 Å². The topological polar surface area (TPSA) is 59.4 Å². The van der Waals surface area contributed by atoms with Crippen molar-refractivity contribution >= 4 is 17.7 Å². The van der Waals surface area contributed by atoms with Crippen molar-refractivity contribution in [2.45, 2.75) is 17.2 Å². The molecule has 1 aliphatic rings. The average molecular weight is 225 g/mol. The molecule has 0 saturated carbocycles. The van der Waals surface area contributed by atoms with E-state index in [1.165, 1.54) is 11.8 Å². The van der Waals surface area contributed by atoms with Crippen LogP contribution in [0.2, 0.25) is 0 Å². The highest BCUT2D eigenvalue weighted by molar-refractivity contribution is 8.00. The number of carboxylic acids is 1. The number of hydrogen-bond acceptors (Lipinski definition) is 4. The standard InChI is InChI=1S/C10H11NO3S/c1-6-2-3-11-9(8(6)10(12)13)15-7-4-14-5-7/h2-3,7H,4-5H2,1H3,(H,12,13). The molecular formula is C10H11NO3S. The molecule has 0 bridgehead atoms. The van der Waals surface area contributed by atoms with Gasteiger partial charge in [0.15, 0.2) is 0 Å². The first-order valence-corrected chi connectivity index (χ1v) is 5.49. The van der Waals surface area contributed by atoms with Gasteiger partial charge in [0, 0.05) is 6.20 Å². The van der Waals surface area contributed by atoms with Gasteiger partial charge in [-0.25, -0.2) is 9.78 Å². The third-order valence-electron chi connectivity index (χ3n) is 2.22. The van der Waals surface area contributed by atoms with Crippen LogP contribution in [0.1, 0.15) is 15.9 Å². The Morgan fingerprint density at radius 3 is 2.93 bits per heavy atom. The number of aromatic nitrogens is 1. The number of carbonyl (C=O) groups is 1. The highest BCUT2D eigenvalue weighted by Gasteiger charge is 2.24. The fourth-order valence-electron chi connectivity index (χ4n) is 1.32. The number of rotatable bonds is 3. The molecule has 1 aliphatic heterocycles. The van der Waals surface area contributed by atoms with Gasteiger partial charge in [0.1, 0.15) is 5.03 Å². The third-order valence-corrected chi connectivity index (χ3v) is 3.36. The van der Waals surface area contributed by atoms with Gasteiger partial charge in [0.2, 0.25) is 0 Å². The number of ether oxygens (including phenoxy) is 1. The Hall–Kier alpha value is -1.07. The lowest BCUT2D eigenvalue weighted by Crippen LogP contribution is -2.30. The molecule has 1 aromatic heterocycles. The molecule has 0 radical (unpaired) electrons. The minimum absolute atomic E-state index is 0.314. The van der Waals surface area contributed by atoms with Crippen molar-refractivity contribution in [3.05, 3.63) is 23.4 Å². The molecule has 0 aromatic carbocycles. The highest BCUT2D eigenvalue weighted by atomic mass is 32.2. The molecular weight excluding hydrogens is 214 g/mol. The minimum atomic E-state index is -0.914. The van der Waals surface area contributed by atoms with E-state index in [2.05, 4.69) is 4.98 Å². The molecule has 0 atom stereocenters. The second-order valence-corrected chi connectivity index (χ2v) is 4.68. The summed E-state index contributed by atoms with van der Waals surface area (Å²) >= 11 is 1.48. The Morgan fingerprint density at radius 2 is 2.40 bits per heavy atom. The van der Waals surface area contributed by atoms with Crippen LogP contribution in [0.3, 0.4) is 0 Å². The Kier molecular flexibility index (Phi) is 2.93. The summed E-state index contributed by atoms with van der Waals surface area (Å²) in [6.07, 6.45) is 1.64. The van der Waals surface area contributed by atoms with Crippen LogP contribution in [0.25, 0.3) is 0 Å². The Labute approximate surface area is 91.7 Å². The number of aryl methyl sites for hydroxylation is 1. The first-order chi connectivity index (χ1) is 7.18. The number of hydrogen-bond donors (Lipinski definition) is 1. The number of aromatic carboxylic acids is 1. The van der Waals surface area contributed by atoms with E-state index in [1.54, 1.807) is 19.2 Å². The first-order valence-electron chi connectivity index (χ1n) is 4.62. The zero-order chi connectivity index (χ0) is 10.8. The van der Waals surface area contributed by atoms with Gasteiger partial charge < -0.3 is 9.84 Å². The van der Waals surface area contributed by atoms with Crippen molar-refractivity contribution in [2.75, 3.05) is 13.2 Å². The quantitative estimate of drug-likeness (QED) is 0.846. The summed E-state index contributed by atoms with van der Waals surface area (Å²) in [6, 6.07) is 1.71. The molecule has 1 saturated heterocycles. The van der Waals surface area contributed by atoms with E-state index in [1.807, 2.05) is 0 Å². The molecule has 0 spiro atoms. The summed E-state index contributed by atoms with van der Waals surface area (Å²) in [5.41, 5.74) is 1.06. The number of pyridine rings is 1.